The van der Waals surface area contributed by atoms with E-state index >= 15 is 0 Å². The molecule has 0 saturated carbocycles. The number of ether oxygens (including phenoxy) is 2. The van der Waals surface area contributed by atoms with Gasteiger partial charge in [-0.05, 0) is 29.7 Å². The summed E-state index contributed by atoms with van der Waals surface area (Å²) in [6, 6.07) is 5.80. The highest BCUT2D eigenvalue weighted by Gasteiger charge is 2.46. The zero-order chi connectivity index (χ0) is 13.4. The van der Waals surface area contributed by atoms with Gasteiger partial charge < -0.3 is 9.47 Å². The summed E-state index contributed by atoms with van der Waals surface area (Å²) in [5.41, 5.74) is 0.894. The minimum atomic E-state index is -4.68. The second-order valence-electron chi connectivity index (χ2n) is 4.19. The van der Waals surface area contributed by atoms with Gasteiger partial charge in [0.25, 0.3) is 0 Å². The average Bonchev–Trinajstić information content (AvgIpc) is 3.07. The van der Waals surface area contributed by atoms with Gasteiger partial charge in [-0.3, -0.25) is 0 Å². The molecule has 2 nitrogen and oxygen atoms in total. The number of rotatable bonds is 4. The molecular formula is C13H13F3O2. The van der Waals surface area contributed by atoms with Crippen molar-refractivity contribution in [2.45, 2.75) is 25.3 Å². The summed E-state index contributed by atoms with van der Waals surface area (Å²) < 4.78 is 45.6. The first kappa shape index (κ1) is 13.0. The van der Waals surface area contributed by atoms with Gasteiger partial charge in [-0.15, -0.1) is 13.2 Å². The molecule has 0 aliphatic carbocycles. The molecule has 0 spiro atoms. The van der Waals surface area contributed by atoms with Crippen LogP contribution in [0, 0.1) is 0 Å². The Labute approximate surface area is 103 Å². The molecule has 1 saturated heterocycles. The lowest BCUT2D eigenvalue weighted by Gasteiger charge is -2.15. The van der Waals surface area contributed by atoms with Crippen molar-refractivity contribution < 1.29 is 22.6 Å². The van der Waals surface area contributed by atoms with Crippen molar-refractivity contribution >= 4 is 5.57 Å². The van der Waals surface area contributed by atoms with Gasteiger partial charge in [0.15, 0.2) is 0 Å². The van der Waals surface area contributed by atoms with Crippen LogP contribution in [0.1, 0.15) is 18.9 Å². The van der Waals surface area contributed by atoms with Crippen molar-refractivity contribution in [2.24, 2.45) is 0 Å². The number of hydrogen-bond donors (Lipinski definition) is 0. The van der Waals surface area contributed by atoms with Crippen LogP contribution in [0.25, 0.3) is 5.57 Å². The Kier molecular flexibility index (Phi) is 3.11. The van der Waals surface area contributed by atoms with Crippen LogP contribution in [-0.2, 0) is 4.74 Å². The molecule has 0 amide bonds. The van der Waals surface area contributed by atoms with Crippen LogP contribution >= 0.6 is 0 Å². The maximum atomic E-state index is 12.1. The standard InChI is InChI=1S/C13H13F3O2/c1-3-12(8-17-12)9(2)10-5-4-6-11(7-10)18-13(14,15)16/h4-7H,2-3,8H2,1H3/t12-/m0/s1. The molecule has 1 aromatic rings. The van der Waals surface area contributed by atoms with Gasteiger partial charge in [-0.1, -0.05) is 25.6 Å². The second kappa shape index (κ2) is 4.31. The van der Waals surface area contributed by atoms with Gasteiger partial charge >= 0.3 is 6.36 Å². The predicted molar refractivity (Wildman–Crippen MR) is 61.1 cm³/mol. The first-order valence-corrected chi connectivity index (χ1v) is 5.56. The lowest BCUT2D eigenvalue weighted by Crippen LogP contribution is -2.17. The monoisotopic (exact) mass is 258 g/mol. The number of benzene rings is 1. The van der Waals surface area contributed by atoms with E-state index in [1.807, 2.05) is 6.92 Å². The SMILES string of the molecule is C=C(c1cccc(OC(F)(F)F)c1)[C@]1(CC)CO1. The summed E-state index contributed by atoms with van der Waals surface area (Å²) in [5, 5.41) is 0. The van der Waals surface area contributed by atoms with Gasteiger partial charge in [0.1, 0.15) is 11.4 Å². The highest BCUT2D eigenvalue weighted by Crippen LogP contribution is 2.43. The summed E-state index contributed by atoms with van der Waals surface area (Å²) in [4.78, 5) is 0. The van der Waals surface area contributed by atoms with E-state index in [-0.39, 0.29) is 5.75 Å². The molecule has 1 aliphatic heterocycles. The minimum absolute atomic E-state index is 0.243. The Balaban J connectivity index is 2.20. The molecule has 0 N–H and O–H groups in total. The molecule has 5 heteroatoms. The first-order valence-electron chi connectivity index (χ1n) is 5.56. The van der Waals surface area contributed by atoms with E-state index in [0.717, 1.165) is 6.42 Å². The highest BCUT2D eigenvalue weighted by molar-refractivity contribution is 5.73. The summed E-state index contributed by atoms with van der Waals surface area (Å²) in [7, 11) is 0. The molecule has 1 aromatic carbocycles. The van der Waals surface area contributed by atoms with E-state index in [0.29, 0.717) is 17.7 Å². The third-order valence-electron chi connectivity index (χ3n) is 3.03. The van der Waals surface area contributed by atoms with E-state index in [4.69, 9.17) is 4.74 Å². The highest BCUT2D eigenvalue weighted by atomic mass is 19.4. The Morgan fingerprint density at radius 3 is 2.67 bits per heavy atom. The quantitative estimate of drug-likeness (QED) is 0.767. The molecule has 0 unspecified atom stereocenters. The van der Waals surface area contributed by atoms with Crippen LogP contribution in [0.4, 0.5) is 13.2 Å². The van der Waals surface area contributed by atoms with Crippen LogP contribution in [0.2, 0.25) is 0 Å². The van der Waals surface area contributed by atoms with Crippen LogP contribution in [0.15, 0.2) is 30.8 Å². The molecule has 0 aromatic heterocycles. The van der Waals surface area contributed by atoms with Gasteiger partial charge in [0.05, 0.1) is 6.61 Å². The van der Waals surface area contributed by atoms with Gasteiger partial charge in [-0.25, -0.2) is 0 Å². The minimum Gasteiger partial charge on any atom is -0.406 e. The normalized spacial score (nSPS) is 22.7. The molecule has 1 heterocycles. The molecule has 1 aliphatic rings. The fourth-order valence-electron chi connectivity index (χ4n) is 1.82. The summed E-state index contributed by atoms with van der Waals surface area (Å²) in [5.74, 6) is -0.243. The Hall–Kier alpha value is -1.49. The number of epoxide rings is 1. The molecule has 0 bridgehead atoms. The Morgan fingerprint density at radius 2 is 2.17 bits per heavy atom. The van der Waals surface area contributed by atoms with E-state index in [2.05, 4.69) is 11.3 Å². The third kappa shape index (κ3) is 2.67. The van der Waals surface area contributed by atoms with Crippen LogP contribution in [0.5, 0.6) is 5.75 Å². The maximum Gasteiger partial charge on any atom is 0.573 e. The third-order valence-corrected chi connectivity index (χ3v) is 3.03. The molecular weight excluding hydrogens is 245 g/mol. The summed E-state index contributed by atoms with van der Waals surface area (Å²) in [6.07, 6.45) is -3.94. The average molecular weight is 258 g/mol. The number of halogens is 3. The Morgan fingerprint density at radius 1 is 1.50 bits per heavy atom. The van der Waals surface area contributed by atoms with Crippen LogP contribution in [-0.4, -0.2) is 18.6 Å². The Bertz CT molecular complexity index is 462. The van der Waals surface area contributed by atoms with Crippen molar-refractivity contribution in [3.05, 3.63) is 36.4 Å². The molecule has 1 atom stereocenters. The van der Waals surface area contributed by atoms with Crippen LogP contribution < -0.4 is 4.74 Å². The van der Waals surface area contributed by atoms with Crippen molar-refractivity contribution in [1.82, 2.24) is 0 Å². The molecule has 1 fully saturated rings. The zero-order valence-corrected chi connectivity index (χ0v) is 9.88. The van der Waals surface area contributed by atoms with Gasteiger partial charge in [-0.2, -0.15) is 0 Å². The number of alkyl halides is 3. The lowest BCUT2D eigenvalue weighted by molar-refractivity contribution is -0.274. The second-order valence-corrected chi connectivity index (χ2v) is 4.19. The maximum absolute atomic E-state index is 12.1. The van der Waals surface area contributed by atoms with Crippen LogP contribution in [0.3, 0.4) is 0 Å². The van der Waals surface area contributed by atoms with Gasteiger partial charge in [0.2, 0.25) is 0 Å². The van der Waals surface area contributed by atoms with Gasteiger partial charge in [0, 0.05) is 0 Å². The van der Waals surface area contributed by atoms with Crippen molar-refractivity contribution in [2.75, 3.05) is 6.61 Å². The molecule has 0 radical (unpaired) electrons. The molecule has 18 heavy (non-hydrogen) atoms. The molecule has 98 valence electrons. The van der Waals surface area contributed by atoms with Crippen molar-refractivity contribution in [3.63, 3.8) is 0 Å². The van der Waals surface area contributed by atoms with E-state index in [9.17, 15) is 13.2 Å². The predicted octanol–water partition coefficient (Wildman–Crippen LogP) is 3.78. The largest absolute Gasteiger partial charge is 0.573 e. The molecule has 2 rings (SSSR count). The van der Waals surface area contributed by atoms with Crippen molar-refractivity contribution in [1.29, 1.82) is 0 Å². The topological polar surface area (TPSA) is 21.8 Å². The lowest BCUT2D eigenvalue weighted by atomic mass is 9.92. The summed E-state index contributed by atoms with van der Waals surface area (Å²) in [6.45, 7) is 6.42. The fourth-order valence-corrected chi connectivity index (χ4v) is 1.82. The van der Waals surface area contributed by atoms with E-state index in [1.54, 1.807) is 6.07 Å². The van der Waals surface area contributed by atoms with Crippen molar-refractivity contribution in [3.8, 4) is 5.75 Å². The first-order chi connectivity index (χ1) is 8.36. The van der Waals surface area contributed by atoms with E-state index in [1.165, 1.54) is 18.2 Å². The summed E-state index contributed by atoms with van der Waals surface area (Å²) >= 11 is 0. The number of hydrogen-bond acceptors (Lipinski definition) is 2. The smallest absolute Gasteiger partial charge is 0.406 e. The zero-order valence-electron chi connectivity index (χ0n) is 9.88. The van der Waals surface area contributed by atoms with E-state index < -0.39 is 12.0 Å². The fraction of sp³-hybridized carbons (Fsp3) is 0.385.